The van der Waals surface area contributed by atoms with E-state index in [0.717, 1.165) is 11.3 Å². The molecule has 1 heterocycles. The highest BCUT2D eigenvalue weighted by Crippen LogP contribution is 2.20. The summed E-state index contributed by atoms with van der Waals surface area (Å²) in [6.07, 6.45) is 0. The van der Waals surface area contributed by atoms with E-state index in [1.807, 2.05) is 24.3 Å². The maximum atomic E-state index is 12.9. The monoisotopic (exact) mass is 447 g/mol. The predicted molar refractivity (Wildman–Crippen MR) is 118 cm³/mol. The van der Waals surface area contributed by atoms with E-state index in [1.165, 1.54) is 16.3 Å². The average Bonchev–Trinajstić information content (AvgIpc) is 2.76. The molecule has 0 unspecified atom stereocenters. The van der Waals surface area contributed by atoms with E-state index < -0.39 is 0 Å². The molecule has 1 amide bonds. The standard InChI is InChI=1S/C21H22ClN3O4S/c1-28-10-9-25-20(27)17-8-5-15(22)11-18(17)24-21(25)30-13-19(26)23-12-14-3-6-16(29-2)7-4-14/h3-8,11H,9-10,12-13H2,1-2H3,(H,23,26). The third-order valence-corrected chi connectivity index (χ3v) is 5.59. The number of thioether (sulfide) groups is 1. The number of amides is 1. The molecule has 2 aromatic carbocycles. The van der Waals surface area contributed by atoms with Gasteiger partial charge in [0.1, 0.15) is 5.75 Å². The van der Waals surface area contributed by atoms with Crippen LogP contribution in [0.2, 0.25) is 5.02 Å². The van der Waals surface area contributed by atoms with Gasteiger partial charge in [0, 0.05) is 18.7 Å². The number of halogens is 1. The van der Waals surface area contributed by atoms with Gasteiger partial charge in [0.25, 0.3) is 5.56 Å². The van der Waals surface area contributed by atoms with Crippen LogP contribution in [-0.2, 0) is 22.6 Å². The predicted octanol–water partition coefficient (Wildman–Crippen LogP) is 3.11. The molecule has 0 aliphatic heterocycles. The van der Waals surface area contributed by atoms with Crippen molar-refractivity contribution in [2.75, 3.05) is 26.6 Å². The van der Waals surface area contributed by atoms with E-state index >= 15 is 0 Å². The zero-order valence-electron chi connectivity index (χ0n) is 16.7. The molecule has 0 aliphatic rings. The Kier molecular flexibility index (Phi) is 7.73. The van der Waals surface area contributed by atoms with Crippen LogP contribution in [0.3, 0.4) is 0 Å². The lowest BCUT2D eigenvalue weighted by atomic mass is 10.2. The second-order valence-electron chi connectivity index (χ2n) is 6.42. The number of carbonyl (C=O) groups is 1. The number of hydrogen-bond acceptors (Lipinski definition) is 6. The van der Waals surface area contributed by atoms with Gasteiger partial charge >= 0.3 is 0 Å². The van der Waals surface area contributed by atoms with Gasteiger partial charge < -0.3 is 14.8 Å². The normalized spacial score (nSPS) is 10.9. The summed E-state index contributed by atoms with van der Waals surface area (Å²) in [6.45, 7) is 1.11. The summed E-state index contributed by atoms with van der Waals surface area (Å²) in [7, 11) is 3.17. The SMILES string of the molecule is COCCn1c(SCC(=O)NCc2ccc(OC)cc2)nc2cc(Cl)ccc2c1=O. The summed E-state index contributed by atoms with van der Waals surface area (Å²) in [6, 6.07) is 12.4. The lowest BCUT2D eigenvalue weighted by Crippen LogP contribution is -2.27. The molecule has 158 valence electrons. The number of benzene rings is 2. The fourth-order valence-electron chi connectivity index (χ4n) is 2.79. The minimum atomic E-state index is -0.185. The molecular formula is C21H22ClN3O4S. The van der Waals surface area contributed by atoms with Crippen molar-refractivity contribution in [3.63, 3.8) is 0 Å². The van der Waals surface area contributed by atoms with Gasteiger partial charge in [-0.15, -0.1) is 0 Å². The minimum absolute atomic E-state index is 0.127. The van der Waals surface area contributed by atoms with Crippen LogP contribution in [0.4, 0.5) is 0 Å². The zero-order valence-corrected chi connectivity index (χ0v) is 18.3. The smallest absolute Gasteiger partial charge is 0.262 e. The van der Waals surface area contributed by atoms with Crippen LogP contribution in [0.5, 0.6) is 5.75 Å². The van der Waals surface area contributed by atoms with Crippen molar-refractivity contribution in [2.24, 2.45) is 0 Å². The Morgan fingerprint density at radius 2 is 1.97 bits per heavy atom. The van der Waals surface area contributed by atoms with E-state index in [-0.39, 0.29) is 17.2 Å². The Hall–Kier alpha value is -2.55. The molecule has 3 aromatic rings. The Morgan fingerprint density at radius 3 is 2.67 bits per heavy atom. The van der Waals surface area contributed by atoms with Gasteiger partial charge in [-0.1, -0.05) is 35.5 Å². The number of aromatic nitrogens is 2. The summed E-state index contributed by atoms with van der Waals surface area (Å²) in [5.41, 5.74) is 1.28. The molecule has 7 nitrogen and oxygen atoms in total. The maximum Gasteiger partial charge on any atom is 0.262 e. The molecule has 3 rings (SSSR count). The van der Waals surface area contributed by atoms with Gasteiger partial charge in [-0.25, -0.2) is 4.98 Å². The number of rotatable bonds is 9. The molecule has 0 fully saturated rings. The number of hydrogen-bond donors (Lipinski definition) is 1. The maximum absolute atomic E-state index is 12.9. The van der Waals surface area contributed by atoms with Gasteiger partial charge in [0.2, 0.25) is 5.91 Å². The second kappa shape index (κ2) is 10.5. The number of ether oxygens (including phenoxy) is 2. The van der Waals surface area contributed by atoms with Crippen molar-refractivity contribution in [1.82, 2.24) is 14.9 Å². The molecule has 0 saturated heterocycles. The average molecular weight is 448 g/mol. The Balaban J connectivity index is 1.71. The van der Waals surface area contributed by atoms with E-state index in [9.17, 15) is 9.59 Å². The van der Waals surface area contributed by atoms with Gasteiger partial charge in [-0.2, -0.15) is 0 Å². The van der Waals surface area contributed by atoms with Gasteiger partial charge in [0.15, 0.2) is 5.16 Å². The first-order valence-corrected chi connectivity index (χ1v) is 10.6. The summed E-state index contributed by atoms with van der Waals surface area (Å²) < 4.78 is 11.8. The summed E-state index contributed by atoms with van der Waals surface area (Å²) in [5, 5.41) is 4.29. The van der Waals surface area contributed by atoms with Crippen molar-refractivity contribution >= 4 is 40.2 Å². The molecule has 1 aromatic heterocycles. The van der Waals surface area contributed by atoms with E-state index in [0.29, 0.717) is 40.8 Å². The van der Waals surface area contributed by atoms with Gasteiger partial charge in [-0.05, 0) is 35.9 Å². The van der Waals surface area contributed by atoms with Crippen molar-refractivity contribution in [3.05, 3.63) is 63.4 Å². The van der Waals surface area contributed by atoms with E-state index in [2.05, 4.69) is 10.3 Å². The second-order valence-corrected chi connectivity index (χ2v) is 7.80. The van der Waals surface area contributed by atoms with Crippen molar-refractivity contribution in [2.45, 2.75) is 18.2 Å². The van der Waals surface area contributed by atoms with Crippen LogP contribution >= 0.6 is 23.4 Å². The molecule has 0 radical (unpaired) electrons. The molecular weight excluding hydrogens is 426 g/mol. The third-order valence-electron chi connectivity index (χ3n) is 4.38. The fraction of sp³-hybridized carbons (Fsp3) is 0.286. The van der Waals surface area contributed by atoms with Crippen molar-refractivity contribution in [3.8, 4) is 5.75 Å². The van der Waals surface area contributed by atoms with Gasteiger partial charge in [0.05, 0.1) is 36.9 Å². The highest BCUT2D eigenvalue weighted by molar-refractivity contribution is 7.99. The fourth-order valence-corrected chi connectivity index (χ4v) is 3.81. The van der Waals surface area contributed by atoms with Gasteiger partial charge in [-0.3, -0.25) is 14.2 Å². The van der Waals surface area contributed by atoms with Crippen LogP contribution in [-0.4, -0.2) is 42.0 Å². The number of nitrogens with zero attached hydrogens (tertiary/aromatic N) is 2. The molecule has 9 heteroatoms. The number of nitrogens with one attached hydrogen (secondary N) is 1. The largest absolute Gasteiger partial charge is 0.497 e. The molecule has 0 atom stereocenters. The Labute approximate surface area is 183 Å². The lowest BCUT2D eigenvalue weighted by Gasteiger charge is -2.13. The highest BCUT2D eigenvalue weighted by atomic mass is 35.5. The van der Waals surface area contributed by atoms with E-state index in [1.54, 1.807) is 32.4 Å². The summed E-state index contributed by atoms with van der Waals surface area (Å²) in [4.78, 5) is 29.7. The molecule has 0 aliphatic carbocycles. The Bertz CT molecular complexity index is 1090. The third kappa shape index (κ3) is 5.53. The minimum Gasteiger partial charge on any atom is -0.497 e. The summed E-state index contributed by atoms with van der Waals surface area (Å²) >= 11 is 7.25. The highest BCUT2D eigenvalue weighted by Gasteiger charge is 2.14. The molecule has 1 N–H and O–H groups in total. The van der Waals surface area contributed by atoms with Crippen LogP contribution in [0, 0.1) is 0 Å². The van der Waals surface area contributed by atoms with E-state index in [4.69, 9.17) is 21.1 Å². The number of carbonyl (C=O) groups excluding carboxylic acids is 1. The quantitative estimate of drug-likeness (QED) is 0.401. The van der Waals surface area contributed by atoms with Crippen LogP contribution < -0.4 is 15.6 Å². The van der Waals surface area contributed by atoms with Crippen LogP contribution in [0.25, 0.3) is 10.9 Å². The van der Waals surface area contributed by atoms with Crippen LogP contribution in [0.1, 0.15) is 5.56 Å². The first-order valence-electron chi connectivity index (χ1n) is 9.23. The lowest BCUT2D eigenvalue weighted by molar-refractivity contribution is -0.118. The first-order chi connectivity index (χ1) is 14.5. The number of methoxy groups -OCH3 is 2. The zero-order chi connectivity index (χ0) is 21.5. The first kappa shape index (κ1) is 22.1. The molecule has 0 bridgehead atoms. The Morgan fingerprint density at radius 1 is 1.20 bits per heavy atom. The van der Waals surface area contributed by atoms with Crippen LogP contribution in [0.15, 0.2) is 52.4 Å². The molecule has 30 heavy (non-hydrogen) atoms. The number of fused-ring (bicyclic) bond motifs is 1. The molecule has 0 saturated carbocycles. The van der Waals surface area contributed by atoms with Crippen molar-refractivity contribution < 1.29 is 14.3 Å². The van der Waals surface area contributed by atoms with Crippen molar-refractivity contribution in [1.29, 1.82) is 0 Å². The summed E-state index contributed by atoms with van der Waals surface area (Å²) in [5.74, 6) is 0.730. The topological polar surface area (TPSA) is 82.4 Å². The molecule has 0 spiro atoms.